The van der Waals surface area contributed by atoms with E-state index in [9.17, 15) is 0 Å². The Bertz CT molecular complexity index is 709. The van der Waals surface area contributed by atoms with Crippen molar-refractivity contribution in [1.29, 1.82) is 0 Å². The highest BCUT2D eigenvalue weighted by atomic mass is 16.7. The maximum Gasteiger partial charge on any atom is 0.157 e. The highest BCUT2D eigenvalue weighted by Gasteiger charge is 2.52. The summed E-state index contributed by atoms with van der Waals surface area (Å²) < 4.78 is 12.3. The lowest BCUT2D eigenvalue weighted by Gasteiger charge is -2.47. The van der Waals surface area contributed by atoms with Gasteiger partial charge in [0.25, 0.3) is 0 Å². The van der Waals surface area contributed by atoms with Crippen LogP contribution in [-0.2, 0) is 9.47 Å². The number of rotatable bonds is 7. The van der Waals surface area contributed by atoms with Gasteiger partial charge in [0.2, 0.25) is 0 Å². The van der Waals surface area contributed by atoms with E-state index >= 15 is 0 Å². The summed E-state index contributed by atoms with van der Waals surface area (Å²) in [6.07, 6.45) is 26.2. The third kappa shape index (κ3) is 5.73. The number of terminal acetylenes is 1. The summed E-state index contributed by atoms with van der Waals surface area (Å²) in [6.45, 7) is 10.9. The lowest BCUT2D eigenvalue weighted by molar-refractivity contribution is -0.192. The van der Waals surface area contributed by atoms with Crippen LogP contribution in [0.5, 0.6) is 0 Å². The van der Waals surface area contributed by atoms with Crippen LogP contribution in [0.1, 0.15) is 118 Å². The summed E-state index contributed by atoms with van der Waals surface area (Å²) >= 11 is 0. The Kier molecular flexibility index (Phi) is 8.34. The van der Waals surface area contributed by atoms with Gasteiger partial charge in [-0.05, 0) is 112 Å². The van der Waals surface area contributed by atoms with Gasteiger partial charge in [-0.1, -0.05) is 45.8 Å². The average molecular weight is 455 g/mol. The van der Waals surface area contributed by atoms with Crippen LogP contribution in [0, 0.1) is 46.8 Å². The van der Waals surface area contributed by atoms with Gasteiger partial charge in [0, 0.05) is 13.0 Å². The zero-order valence-corrected chi connectivity index (χ0v) is 22.0. The van der Waals surface area contributed by atoms with Gasteiger partial charge in [-0.3, -0.25) is 0 Å². The first-order chi connectivity index (χ1) is 15.8. The standard InChI is InChI=1S/C31H50O2/c1-6-7-11-23(2)27-16-17-28-24(12-10-19-31(27,28)5)14-15-25-22-26(18-20-30(25,3)4)33-29-13-8-9-21-32-29/h1,15,23-24,26-29H,7-14,16-22H2,2-5H3/b25-15-/t23-,24+,26+,27-,28+,29?,31-/m1/s1. The number of allylic oxidation sites excluding steroid dienone is 1. The first kappa shape index (κ1) is 25.3. The van der Waals surface area contributed by atoms with E-state index in [0.29, 0.717) is 16.9 Å². The maximum atomic E-state index is 6.43. The molecule has 7 atom stereocenters. The zero-order chi connectivity index (χ0) is 23.5. The van der Waals surface area contributed by atoms with Gasteiger partial charge in [-0.2, -0.15) is 0 Å². The molecule has 0 aromatic rings. The Morgan fingerprint density at radius 3 is 2.70 bits per heavy atom. The van der Waals surface area contributed by atoms with Gasteiger partial charge >= 0.3 is 0 Å². The fourth-order valence-corrected chi connectivity index (χ4v) is 8.22. The molecule has 33 heavy (non-hydrogen) atoms. The smallest absolute Gasteiger partial charge is 0.157 e. The van der Waals surface area contributed by atoms with Crippen LogP contribution in [0.25, 0.3) is 0 Å². The molecule has 4 fully saturated rings. The first-order valence-electron chi connectivity index (χ1n) is 14.2. The van der Waals surface area contributed by atoms with Crippen molar-refractivity contribution >= 4 is 0 Å². The number of fused-ring (bicyclic) bond motifs is 1. The summed E-state index contributed by atoms with van der Waals surface area (Å²) in [7, 11) is 0. The molecule has 4 rings (SSSR count). The summed E-state index contributed by atoms with van der Waals surface area (Å²) in [5, 5.41) is 0. The molecule has 3 aliphatic carbocycles. The summed E-state index contributed by atoms with van der Waals surface area (Å²) in [4.78, 5) is 0. The monoisotopic (exact) mass is 454 g/mol. The summed E-state index contributed by atoms with van der Waals surface area (Å²) in [6, 6.07) is 0. The van der Waals surface area contributed by atoms with Gasteiger partial charge in [0.15, 0.2) is 6.29 Å². The Morgan fingerprint density at radius 1 is 1.09 bits per heavy atom. The van der Waals surface area contributed by atoms with E-state index in [0.717, 1.165) is 49.5 Å². The van der Waals surface area contributed by atoms with Crippen LogP contribution in [-0.4, -0.2) is 19.0 Å². The molecule has 0 radical (unpaired) electrons. The molecule has 0 N–H and O–H groups in total. The molecule has 1 saturated heterocycles. The predicted molar refractivity (Wildman–Crippen MR) is 138 cm³/mol. The molecule has 3 saturated carbocycles. The first-order valence-corrected chi connectivity index (χ1v) is 14.2. The van der Waals surface area contributed by atoms with Crippen molar-refractivity contribution in [1.82, 2.24) is 0 Å². The van der Waals surface area contributed by atoms with E-state index in [1.165, 1.54) is 70.6 Å². The van der Waals surface area contributed by atoms with Gasteiger partial charge in [-0.25, -0.2) is 0 Å². The third-order valence-electron chi connectivity index (χ3n) is 10.3. The van der Waals surface area contributed by atoms with Crippen LogP contribution < -0.4 is 0 Å². The van der Waals surface area contributed by atoms with E-state index in [1.807, 2.05) is 0 Å². The van der Waals surface area contributed by atoms with Gasteiger partial charge < -0.3 is 9.47 Å². The zero-order valence-electron chi connectivity index (χ0n) is 22.0. The SMILES string of the molecule is C#CCC[C@@H](C)[C@H]1CC[C@H]2[C@H](C/C=C3/C[C@@H](OC4CCCCO4)CCC3(C)C)CCC[C@]12C. The number of ether oxygens (including phenoxy) is 2. The Morgan fingerprint density at radius 2 is 1.94 bits per heavy atom. The van der Waals surface area contributed by atoms with Crippen molar-refractivity contribution in [2.75, 3.05) is 6.61 Å². The van der Waals surface area contributed by atoms with Crippen LogP contribution >= 0.6 is 0 Å². The molecule has 2 heteroatoms. The van der Waals surface area contributed by atoms with Crippen LogP contribution in [0.2, 0.25) is 0 Å². The topological polar surface area (TPSA) is 18.5 Å². The molecule has 1 aliphatic heterocycles. The second-order valence-corrected chi connectivity index (χ2v) is 12.8. The lowest BCUT2D eigenvalue weighted by atomic mass is 9.58. The molecule has 4 aliphatic rings. The van der Waals surface area contributed by atoms with Crippen molar-refractivity contribution in [3.8, 4) is 12.3 Å². The fraction of sp³-hybridized carbons (Fsp3) is 0.871. The Labute approximate surface area is 204 Å². The molecular formula is C31H50O2. The van der Waals surface area contributed by atoms with Crippen LogP contribution in [0.3, 0.4) is 0 Å². The second kappa shape index (κ2) is 10.9. The van der Waals surface area contributed by atoms with Crippen molar-refractivity contribution < 1.29 is 9.47 Å². The summed E-state index contributed by atoms with van der Waals surface area (Å²) in [5.41, 5.74) is 2.49. The number of hydrogen-bond donors (Lipinski definition) is 0. The third-order valence-corrected chi connectivity index (χ3v) is 10.3. The normalized spacial score (nSPS) is 40.8. The maximum absolute atomic E-state index is 6.43. The highest BCUT2D eigenvalue weighted by molar-refractivity contribution is 5.17. The molecule has 186 valence electrons. The van der Waals surface area contributed by atoms with Gasteiger partial charge in [-0.15, -0.1) is 12.3 Å². The molecule has 1 heterocycles. The van der Waals surface area contributed by atoms with Crippen molar-refractivity contribution in [2.24, 2.45) is 34.5 Å². The molecule has 2 nitrogen and oxygen atoms in total. The molecular weight excluding hydrogens is 404 g/mol. The predicted octanol–water partition coefficient (Wildman–Crippen LogP) is 8.31. The minimum absolute atomic E-state index is 0.0390. The fourth-order valence-electron chi connectivity index (χ4n) is 8.22. The quantitative estimate of drug-likeness (QED) is 0.284. The van der Waals surface area contributed by atoms with Gasteiger partial charge in [0.1, 0.15) is 0 Å². The molecule has 0 aromatic carbocycles. The molecule has 1 unspecified atom stereocenters. The molecule has 0 amide bonds. The van der Waals surface area contributed by atoms with E-state index < -0.39 is 0 Å². The number of hydrogen-bond acceptors (Lipinski definition) is 2. The van der Waals surface area contributed by atoms with E-state index in [2.05, 4.69) is 39.7 Å². The van der Waals surface area contributed by atoms with Gasteiger partial charge in [0.05, 0.1) is 6.10 Å². The average Bonchev–Trinajstić information content (AvgIpc) is 3.16. The lowest BCUT2D eigenvalue weighted by Crippen LogP contribution is -2.39. The Hall–Kier alpha value is -0.780. The van der Waals surface area contributed by atoms with E-state index in [4.69, 9.17) is 15.9 Å². The van der Waals surface area contributed by atoms with Crippen molar-refractivity contribution in [2.45, 2.75) is 130 Å². The highest BCUT2D eigenvalue weighted by Crippen LogP contribution is 2.60. The minimum Gasteiger partial charge on any atom is -0.353 e. The van der Waals surface area contributed by atoms with Crippen LogP contribution in [0.15, 0.2) is 11.6 Å². The molecule has 0 spiro atoms. The van der Waals surface area contributed by atoms with E-state index in [1.54, 1.807) is 5.57 Å². The van der Waals surface area contributed by atoms with Crippen LogP contribution in [0.4, 0.5) is 0 Å². The minimum atomic E-state index is 0.0390. The summed E-state index contributed by atoms with van der Waals surface area (Å²) in [5.74, 6) is 6.28. The molecule has 0 aromatic heterocycles. The van der Waals surface area contributed by atoms with Crippen molar-refractivity contribution in [3.63, 3.8) is 0 Å². The largest absolute Gasteiger partial charge is 0.353 e. The Balaban J connectivity index is 1.39. The molecule has 0 bridgehead atoms. The van der Waals surface area contributed by atoms with Crippen molar-refractivity contribution in [3.05, 3.63) is 11.6 Å². The second-order valence-electron chi connectivity index (χ2n) is 12.8. The van der Waals surface area contributed by atoms with E-state index in [-0.39, 0.29) is 6.29 Å².